The Morgan fingerprint density at radius 1 is 1.00 bits per heavy atom. The number of aromatic hydroxyl groups is 1. The summed E-state index contributed by atoms with van der Waals surface area (Å²) in [5.74, 6) is 0.195. The highest BCUT2D eigenvalue weighted by Gasteiger charge is 2.20. The lowest BCUT2D eigenvalue weighted by Gasteiger charge is -2.19. The van der Waals surface area contributed by atoms with E-state index in [9.17, 15) is 14.7 Å². The van der Waals surface area contributed by atoms with E-state index < -0.39 is 0 Å². The van der Waals surface area contributed by atoms with Gasteiger partial charge in [-0.05, 0) is 25.1 Å². The van der Waals surface area contributed by atoms with Crippen molar-refractivity contribution in [3.05, 3.63) is 53.1 Å². The summed E-state index contributed by atoms with van der Waals surface area (Å²) in [6.45, 7) is 2.65. The third-order valence-corrected chi connectivity index (χ3v) is 3.86. The Kier molecular flexibility index (Phi) is 4.51. The van der Waals surface area contributed by atoms with Gasteiger partial charge in [0.25, 0.3) is 0 Å². The van der Waals surface area contributed by atoms with Crippen LogP contribution in [-0.2, 0) is 0 Å². The molecule has 0 saturated heterocycles. The molecule has 5 heteroatoms. The van der Waals surface area contributed by atoms with Gasteiger partial charge in [0.05, 0.1) is 0 Å². The Hall–Kier alpha value is -2.82. The van der Waals surface area contributed by atoms with Gasteiger partial charge in [0.15, 0.2) is 23.1 Å². The molecule has 124 valence electrons. The van der Waals surface area contributed by atoms with Gasteiger partial charge in [0.1, 0.15) is 13.2 Å². The number of aryl methyl sites for hydroxylation is 1. The van der Waals surface area contributed by atoms with Crippen LogP contribution in [0.4, 0.5) is 0 Å². The van der Waals surface area contributed by atoms with Crippen LogP contribution >= 0.6 is 0 Å². The molecule has 0 amide bonds. The molecule has 0 aliphatic carbocycles. The SMILES string of the molecule is Cc1cccc(C(=O)CCC(=O)c2cc(O)c3c(c2)OCCO3)c1. The predicted octanol–water partition coefficient (Wildman–Crippen LogP) is 3.32. The van der Waals surface area contributed by atoms with Gasteiger partial charge in [-0.1, -0.05) is 23.8 Å². The molecule has 0 unspecified atom stereocenters. The van der Waals surface area contributed by atoms with E-state index in [0.29, 0.717) is 30.1 Å². The van der Waals surface area contributed by atoms with Crippen LogP contribution < -0.4 is 9.47 Å². The second-order valence-electron chi connectivity index (χ2n) is 5.74. The number of ketones is 2. The predicted molar refractivity (Wildman–Crippen MR) is 88.2 cm³/mol. The fraction of sp³-hybridized carbons (Fsp3) is 0.263. The molecule has 1 heterocycles. The molecular formula is C19H18O5. The van der Waals surface area contributed by atoms with Crippen molar-refractivity contribution in [2.24, 2.45) is 0 Å². The summed E-state index contributed by atoms with van der Waals surface area (Å²) in [7, 11) is 0. The van der Waals surface area contributed by atoms with E-state index in [1.807, 2.05) is 25.1 Å². The van der Waals surface area contributed by atoms with Crippen molar-refractivity contribution in [2.45, 2.75) is 19.8 Å². The number of carbonyl (C=O) groups excluding carboxylic acids is 2. The zero-order chi connectivity index (χ0) is 17.1. The fourth-order valence-corrected chi connectivity index (χ4v) is 2.63. The normalized spacial score (nSPS) is 12.7. The highest BCUT2D eigenvalue weighted by Crippen LogP contribution is 2.39. The molecule has 0 atom stereocenters. The molecule has 0 bridgehead atoms. The Labute approximate surface area is 139 Å². The maximum absolute atomic E-state index is 12.3. The van der Waals surface area contributed by atoms with Crippen LogP contribution in [0.5, 0.6) is 17.2 Å². The number of Topliss-reactive ketones (excluding diaryl/α,β-unsaturated/α-hetero) is 2. The first-order valence-electron chi connectivity index (χ1n) is 7.80. The maximum atomic E-state index is 12.3. The standard InChI is InChI=1S/C19H18O5/c1-12-3-2-4-13(9-12)15(20)5-6-16(21)14-10-17(22)19-18(11-14)23-7-8-24-19/h2-4,9-11,22H,5-8H2,1H3. The molecule has 1 aliphatic heterocycles. The van der Waals surface area contributed by atoms with E-state index in [2.05, 4.69) is 0 Å². The summed E-state index contributed by atoms with van der Waals surface area (Å²) in [6.07, 6.45) is 0.198. The average Bonchev–Trinajstić information content (AvgIpc) is 2.59. The average molecular weight is 326 g/mol. The minimum atomic E-state index is -0.219. The summed E-state index contributed by atoms with van der Waals surface area (Å²) in [4.78, 5) is 24.5. The van der Waals surface area contributed by atoms with Gasteiger partial charge in [-0.3, -0.25) is 9.59 Å². The van der Waals surface area contributed by atoms with Crippen LogP contribution in [0.1, 0.15) is 39.1 Å². The maximum Gasteiger partial charge on any atom is 0.203 e. The van der Waals surface area contributed by atoms with Crippen molar-refractivity contribution < 1.29 is 24.2 Å². The summed E-state index contributed by atoms with van der Waals surface area (Å²) < 4.78 is 10.7. The van der Waals surface area contributed by atoms with E-state index in [-0.39, 0.29) is 35.9 Å². The monoisotopic (exact) mass is 326 g/mol. The number of rotatable bonds is 5. The zero-order valence-electron chi connectivity index (χ0n) is 13.4. The molecule has 1 aliphatic rings. The van der Waals surface area contributed by atoms with Gasteiger partial charge in [-0.2, -0.15) is 0 Å². The molecule has 2 aromatic carbocycles. The van der Waals surface area contributed by atoms with Crippen molar-refractivity contribution in [1.29, 1.82) is 0 Å². The fourth-order valence-electron chi connectivity index (χ4n) is 2.63. The van der Waals surface area contributed by atoms with Gasteiger partial charge >= 0.3 is 0 Å². The van der Waals surface area contributed by atoms with Crippen LogP contribution in [0.15, 0.2) is 36.4 Å². The molecule has 0 saturated carbocycles. The van der Waals surface area contributed by atoms with Gasteiger partial charge in [-0.25, -0.2) is 0 Å². The topological polar surface area (TPSA) is 72.8 Å². The third kappa shape index (κ3) is 3.40. The van der Waals surface area contributed by atoms with Gasteiger partial charge in [0, 0.05) is 24.0 Å². The minimum absolute atomic E-state index is 0.0752. The number of ether oxygens (including phenoxy) is 2. The summed E-state index contributed by atoms with van der Waals surface area (Å²) in [5, 5.41) is 9.95. The Bertz CT molecular complexity index is 794. The van der Waals surface area contributed by atoms with Crippen LogP contribution in [0.3, 0.4) is 0 Å². The van der Waals surface area contributed by atoms with Crippen LogP contribution in [-0.4, -0.2) is 29.9 Å². The number of carbonyl (C=O) groups is 2. The number of fused-ring (bicyclic) bond motifs is 1. The minimum Gasteiger partial charge on any atom is -0.504 e. The first-order chi connectivity index (χ1) is 11.5. The first kappa shape index (κ1) is 16.1. The largest absolute Gasteiger partial charge is 0.504 e. The lowest BCUT2D eigenvalue weighted by molar-refractivity contribution is 0.0916. The van der Waals surface area contributed by atoms with Crippen molar-refractivity contribution >= 4 is 11.6 Å². The molecule has 5 nitrogen and oxygen atoms in total. The number of phenolic OH excluding ortho intramolecular Hbond substituents is 1. The highest BCUT2D eigenvalue weighted by molar-refractivity contribution is 6.02. The van der Waals surface area contributed by atoms with E-state index in [4.69, 9.17) is 9.47 Å². The molecule has 2 aromatic rings. The van der Waals surface area contributed by atoms with Crippen LogP contribution in [0, 0.1) is 6.92 Å². The third-order valence-electron chi connectivity index (χ3n) is 3.86. The lowest BCUT2D eigenvalue weighted by Crippen LogP contribution is -2.16. The Morgan fingerprint density at radius 3 is 2.46 bits per heavy atom. The van der Waals surface area contributed by atoms with Crippen molar-refractivity contribution in [3.8, 4) is 17.2 Å². The molecule has 0 aromatic heterocycles. The molecule has 0 fully saturated rings. The zero-order valence-corrected chi connectivity index (χ0v) is 13.4. The van der Waals surface area contributed by atoms with Crippen LogP contribution in [0.25, 0.3) is 0 Å². The second kappa shape index (κ2) is 6.74. The van der Waals surface area contributed by atoms with E-state index in [1.165, 1.54) is 6.07 Å². The quantitative estimate of drug-likeness (QED) is 0.853. The first-order valence-corrected chi connectivity index (χ1v) is 7.80. The Morgan fingerprint density at radius 2 is 1.71 bits per heavy atom. The second-order valence-corrected chi connectivity index (χ2v) is 5.74. The molecule has 0 radical (unpaired) electrons. The van der Waals surface area contributed by atoms with E-state index in [1.54, 1.807) is 12.1 Å². The summed E-state index contributed by atoms with van der Waals surface area (Å²) >= 11 is 0. The molecule has 3 rings (SSSR count). The molecular weight excluding hydrogens is 308 g/mol. The van der Waals surface area contributed by atoms with Crippen molar-refractivity contribution in [2.75, 3.05) is 13.2 Å². The smallest absolute Gasteiger partial charge is 0.203 e. The van der Waals surface area contributed by atoms with E-state index >= 15 is 0 Å². The number of hydrogen-bond donors (Lipinski definition) is 1. The molecule has 24 heavy (non-hydrogen) atoms. The number of benzene rings is 2. The van der Waals surface area contributed by atoms with E-state index in [0.717, 1.165) is 5.56 Å². The number of phenols is 1. The Balaban J connectivity index is 1.69. The highest BCUT2D eigenvalue weighted by atomic mass is 16.6. The van der Waals surface area contributed by atoms with Gasteiger partial charge < -0.3 is 14.6 Å². The summed E-state index contributed by atoms with van der Waals surface area (Å²) in [6, 6.07) is 10.2. The molecule has 1 N–H and O–H groups in total. The van der Waals surface area contributed by atoms with Gasteiger partial charge in [-0.15, -0.1) is 0 Å². The van der Waals surface area contributed by atoms with Crippen molar-refractivity contribution in [3.63, 3.8) is 0 Å². The summed E-state index contributed by atoms with van der Waals surface area (Å²) in [5.41, 5.74) is 1.92. The van der Waals surface area contributed by atoms with Crippen molar-refractivity contribution in [1.82, 2.24) is 0 Å². The van der Waals surface area contributed by atoms with Crippen LogP contribution in [0.2, 0.25) is 0 Å². The lowest BCUT2D eigenvalue weighted by atomic mass is 10.00. The number of hydrogen-bond acceptors (Lipinski definition) is 5. The molecule has 0 spiro atoms. The van der Waals surface area contributed by atoms with Gasteiger partial charge in [0.2, 0.25) is 5.75 Å².